The molecule has 0 radical (unpaired) electrons. The van der Waals surface area contributed by atoms with Crippen molar-refractivity contribution in [1.82, 2.24) is 4.98 Å². The van der Waals surface area contributed by atoms with E-state index >= 15 is 0 Å². The summed E-state index contributed by atoms with van der Waals surface area (Å²) in [4.78, 5) is 15.9. The Morgan fingerprint density at radius 2 is 2.16 bits per heavy atom. The largest absolute Gasteiger partial charge is 0.507 e. The van der Waals surface area contributed by atoms with Crippen LogP contribution in [0.5, 0.6) is 5.75 Å². The number of phenols is 1. The van der Waals surface area contributed by atoms with E-state index in [0.29, 0.717) is 11.4 Å². The molecule has 2 rings (SSSR count). The van der Waals surface area contributed by atoms with Crippen molar-refractivity contribution in [1.29, 1.82) is 5.26 Å². The number of nitriles is 1. The minimum Gasteiger partial charge on any atom is -0.507 e. The van der Waals surface area contributed by atoms with E-state index in [1.165, 1.54) is 18.3 Å². The predicted octanol–water partition coefficient (Wildman–Crippen LogP) is 2.22. The highest BCUT2D eigenvalue weighted by Crippen LogP contribution is 2.19. The second kappa shape index (κ2) is 5.19. The van der Waals surface area contributed by atoms with E-state index in [2.05, 4.69) is 10.3 Å². The summed E-state index contributed by atoms with van der Waals surface area (Å²) in [6.45, 7) is 1.83. The van der Waals surface area contributed by atoms with Crippen molar-refractivity contribution in [3.05, 3.63) is 53.2 Å². The van der Waals surface area contributed by atoms with Crippen molar-refractivity contribution in [2.45, 2.75) is 6.92 Å². The number of aromatic nitrogens is 1. The van der Waals surface area contributed by atoms with Crippen LogP contribution in [-0.4, -0.2) is 16.0 Å². The molecular formula is C14H11N3O2. The molecule has 0 fully saturated rings. The normalized spacial score (nSPS) is 9.68. The van der Waals surface area contributed by atoms with Crippen molar-refractivity contribution in [3.8, 4) is 11.8 Å². The molecule has 1 amide bonds. The van der Waals surface area contributed by atoms with E-state index in [-0.39, 0.29) is 11.3 Å². The van der Waals surface area contributed by atoms with E-state index in [1.807, 2.05) is 13.0 Å². The molecule has 1 heterocycles. The summed E-state index contributed by atoms with van der Waals surface area (Å²) in [5.74, 6) is -0.208. The third kappa shape index (κ3) is 2.87. The second-order valence-corrected chi connectivity index (χ2v) is 4.02. The fourth-order valence-corrected chi connectivity index (χ4v) is 1.55. The smallest absolute Gasteiger partial charge is 0.260 e. The van der Waals surface area contributed by atoms with Gasteiger partial charge in [-0.05, 0) is 31.2 Å². The standard InChI is InChI=1S/C14H11N3O2/c1-9-2-4-12(18)11(6-9)14(19)17-13-5-3-10(7-15)8-16-13/h2-6,8,18H,1H3,(H,16,17,19). The lowest BCUT2D eigenvalue weighted by molar-refractivity contribution is 0.102. The van der Waals surface area contributed by atoms with Crippen LogP contribution in [0.2, 0.25) is 0 Å². The van der Waals surface area contributed by atoms with Gasteiger partial charge in [0.1, 0.15) is 17.6 Å². The average Bonchev–Trinajstić information content (AvgIpc) is 2.42. The quantitative estimate of drug-likeness (QED) is 0.859. The summed E-state index contributed by atoms with van der Waals surface area (Å²) in [6, 6.07) is 9.80. The van der Waals surface area contributed by atoms with Crippen LogP contribution >= 0.6 is 0 Å². The molecule has 1 aromatic carbocycles. The van der Waals surface area contributed by atoms with Gasteiger partial charge in [-0.2, -0.15) is 5.26 Å². The van der Waals surface area contributed by atoms with Crippen LogP contribution in [0.4, 0.5) is 5.82 Å². The Bertz CT molecular complexity index is 657. The maximum atomic E-state index is 12.0. The number of aryl methyl sites for hydroxylation is 1. The number of amides is 1. The van der Waals surface area contributed by atoms with Gasteiger partial charge in [0.25, 0.3) is 5.91 Å². The summed E-state index contributed by atoms with van der Waals surface area (Å²) in [5, 5.41) is 20.8. The van der Waals surface area contributed by atoms with Crippen molar-refractivity contribution < 1.29 is 9.90 Å². The van der Waals surface area contributed by atoms with Crippen LogP contribution in [0.3, 0.4) is 0 Å². The minimum absolute atomic E-state index is 0.0863. The molecule has 0 spiro atoms. The van der Waals surface area contributed by atoms with Crippen LogP contribution in [0, 0.1) is 18.3 Å². The summed E-state index contributed by atoms with van der Waals surface area (Å²) in [7, 11) is 0. The van der Waals surface area contributed by atoms with Gasteiger partial charge in [-0.3, -0.25) is 4.79 Å². The van der Waals surface area contributed by atoms with Gasteiger partial charge in [0.15, 0.2) is 0 Å². The first kappa shape index (κ1) is 12.6. The minimum atomic E-state index is -0.446. The molecule has 0 unspecified atom stereocenters. The first-order valence-corrected chi connectivity index (χ1v) is 5.57. The molecule has 0 aliphatic carbocycles. The molecule has 0 atom stereocenters. The number of rotatable bonds is 2. The lowest BCUT2D eigenvalue weighted by Gasteiger charge is -2.06. The molecule has 0 aliphatic rings. The highest BCUT2D eigenvalue weighted by Gasteiger charge is 2.11. The molecule has 0 aliphatic heterocycles. The van der Waals surface area contributed by atoms with Gasteiger partial charge in [0.2, 0.25) is 0 Å². The SMILES string of the molecule is Cc1ccc(O)c(C(=O)Nc2ccc(C#N)cn2)c1. The van der Waals surface area contributed by atoms with Gasteiger partial charge in [-0.25, -0.2) is 4.98 Å². The van der Waals surface area contributed by atoms with E-state index in [4.69, 9.17) is 5.26 Å². The molecule has 0 bridgehead atoms. The van der Waals surface area contributed by atoms with Crippen molar-refractivity contribution in [2.75, 3.05) is 5.32 Å². The summed E-state index contributed by atoms with van der Waals surface area (Å²) < 4.78 is 0. The number of benzene rings is 1. The Balaban J connectivity index is 2.21. The molecule has 1 aromatic heterocycles. The molecule has 19 heavy (non-hydrogen) atoms. The Labute approximate surface area is 110 Å². The van der Waals surface area contributed by atoms with E-state index in [9.17, 15) is 9.90 Å². The van der Waals surface area contributed by atoms with Crippen molar-refractivity contribution in [2.24, 2.45) is 0 Å². The Morgan fingerprint density at radius 1 is 1.37 bits per heavy atom. The highest BCUT2D eigenvalue weighted by atomic mass is 16.3. The third-order valence-electron chi connectivity index (χ3n) is 2.53. The van der Waals surface area contributed by atoms with Crippen molar-refractivity contribution >= 4 is 11.7 Å². The number of pyridine rings is 1. The number of carbonyl (C=O) groups excluding carboxylic acids is 1. The van der Waals surface area contributed by atoms with Gasteiger partial charge < -0.3 is 10.4 Å². The zero-order chi connectivity index (χ0) is 13.8. The first-order valence-electron chi connectivity index (χ1n) is 5.57. The number of hydrogen-bond donors (Lipinski definition) is 2. The van der Waals surface area contributed by atoms with Crippen LogP contribution in [0.1, 0.15) is 21.5 Å². The number of anilines is 1. The van der Waals surface area contributed by atoms with Gasteiger partial charge in [-0.15, -0.1) is 0 Å². The number of aromatic hydroxyl groups is 1. The number of nitrogens with one attached hydrogen (secondary N) is 1. The first-order chi connectivity index (χ1) is 9.10. The summed E-state index contributed by atoms with van der Waals surface area (Å²) in [5.41, 5.74) is 1.47. The van der Waals surface area contributed by atoms with Crippen molar-refractivity contribution in [3.63, 3.8) is 0 Å². The Hall–Kier alpha value is -2.87. The van der Waals surface area contributed by atoms with E-state index in [0.717, 1.165) is 5.56 Å². The molecule has 5 nitrogen and oxygen atoms in total. The Kier molecular flexibility index (Phi) is 3.44. The molecule has 94 valence electrons. The maximum Gasteiger partial charge on any atom is 0.260 e. The van der Waals surface area contributed by atoms with Crippen LogP contribution in [0.25, 0.3) is 0 Å². The van der Waals surface area contributed by atoms with Gasteiger partial charge in [0, 0.05) is 6.20 Å². The summed E-state index contributed by atoms with van der Waals surface area (Å²) >= 11 is 0. The lowest BCUT2D eigenvalue weighted by atomic mass is 10.1. The average molecular weight is 253 g/mol. The predicted molar refractivity (Wildman–Crippen MR) is 69.7 cm³/mol. The number of nitrogens with zero attached hydrogens (tertiary/aromatic N) is 2. The fraction of sp³-hybridized carbons (Fsp3) is 0.0714. The fourth-order valence-electron chi connectivity index (χ4n) is 1.55. The van der Waals surface area contributed by atoms with Gasteiger partial charge in [0.05, 0.1) is 11.1 Å². The second-order valence-electron chi connectivity index (χ2n) is 4.02. The molecule has 0 saturated carbocycles. The van der Waals surface area contributed by atoms with E-state index in [1.54, 1.807) is 18.2 Å². The monoisotopic (exact) mass is 253 g/mol. The maximum absolute atomic E-state index is 12.0. The molecule has 0 saturated heterocycles. The molecule has 2 aromatic rings. The van der Waals surface area contributed by atoms with Crippen LogP contribution in [0.15, 0.2) is 36.5 Å². The van der Waals surface area contributed by atoms with E-state index < -0.39 is 5.91 Å². The zero-order valence-electron chi connectivity index (χ0n) is 10.2. The Morgan fingerprint density at radius 3 is 2.79 bits per heavy atom. The number of carbonyl (C=O) groups is 1. The van der Waals surface area contributed by atoms with Crippen LogP contribution in [-0.2, 0) is 0 Å². The third-order valence-corrected chi connectivity index (χ3v) is 2.53. The van der Waals surface area contributed by atoms with Gasteiger partial charge in [-0.1, -0.05) is 11.6 Å². The molecular weight excluding hydrogens is 242 g/mol. The number of phenolic OH excluding ortho intramolecular Hbond substituents is 1. The lowest BCUT2D eigenvalue weighted by Crippen LogP contribution is -2.13. The zero-order valence-corrected chi connectivity index (χ0v) is 10.2. The molecule has 5 heteroatoms. The van der Waals surface area contributed by atoms with Gasteiger partial charge >= 0.3 is 0 Å². The highest BCUT2D eigenvalue weighted by molar-refractivity contribution is 6.05. The molecule has 2 N–H and O–H groups in total. The topological polar surface area (TPSA) is 86.0 Å². The van der Waals surface area contributed by atoms with Crippen LogP contribution < -0.4 is 5.32 Å². The summed E-state index contributed by atoms with van der Waals surface area (Å²) in [6.07, 6.45) is 1.37. The number of hydrogen-bond acceptors (Lipinski definition) is 4.